The molecule has 3 heterocycles. The Kier molecular flexibility index (Phi) is 6.30. The lowest BCUT2D eigenvalue weighted by Crippen LogP contribution is -2.25. The van der Waals surface area contributed by atoms with Crippen molar-refractivity contribution in [3.05, 3.63) is 47.2 Å². The summed E-state index contributed by atoms with van der Waals surface area (Å²) in [5.74, 6) is -0.0237. The lowest BCUT2D eigenvalue weighted by Gasteiger charge is -2.12. The van der Waals surface area contributed by atoms with Gasteiger partial charge >= 0.3 is 0 Å². The Hall–Kier alpha value is -2.78. The van der Waals surface area contributed by atoms with Gasteiger partial charge in [-0.3, -0.25) is 4.79 Å². The van der Waals surface area contributed by atoms with E-state index in [1.54, 1.807) is 17.9 Å². The number of carbonyl (C=O) groups excluding carboxylic acids is 1. The van der Waals surface area contributed by atoms with Crippen LogP contribution >= 0.6 is 0 Å². The molecule has 170 valence electrons. The maximum Gasteiger partial charge on any atom is 0.252 e. The molecule has 0 unspecified atom stereocenters. The van der Waals surface area contributed by atoms with Gasteiger partial charge in [-0.05, 0) is 32.8 Å². The van der Waals surface area contributed by atoms with Crippen LogP contribution in [0.25, 0.3) is 22.3 Å². The van der Waals surface area contributed by atoms with Gasteiger partial charge < -0.3 is 10.1 Å². The zero-order valence-corrected chi connectivity index (χ0v) is 19.4. The standard InChI is InChI=1S/C23H28N4O4S/c1-15-5-7-17(8-6-15)20-13-19(23(28)24-10-4-11-31-3)21-16(2)26-27(22(21)25-20)18-9-12-32(29,30)14-18/h5-8,13,18H,4,9-12,14H2,1-3H3,(H,24,28)/t18-/m1/s1. The Labute approximate surface area is 187 Å². The van der Waals surface area contributed by atoms with Crippen molar-refractivity contribution in [3.8, 4) is 11.3 Å². The molecule has 1 aliphatic rings. The van der Waals surface area contributed by atoms with Gasteiger partial charge in [-0.15, -0.1) is 0 Å². The van der Waals surface area contributed by atoms with Crippen LogP contribution in [0.1, 0.15) is 40.5 Å². The van der Waals surface area contributed by atoms with Crippen LogP contribution in [0, 0.1) is 13.8 Å². The van der Waals surface area contributed by atoms with Crippen LogP contribution in [-0.2, 0) is 14.6 Å². The molecular formula is C23H28N4O4S. The number of amides is 1. The van der Waals surface area contributed by atoms with E-state index in [1.165, 1.54) is 0 Å². The smallest absolute Gasteiger partial charge is 0.252 e. The van der Waals surface area contributed by atoms with Gasteiger partial charge in [0.15, 0.2) is 15.5 Å². The average Bonchev–Trinajstić information content (AvgIpc) is 3.30. The number of carbonyl (C=O) groups is 1. The zero-order valence-electron chi connectivity index (χ0n) is 18.6. The number of hydrogen-bond acceptors (Lipinski definition) is 6. The molecule has 32 heavy (non-hydrogen) atoms. The molecule has 1 N–H and O–H groups in total. The summed E-state index contributed by atoms with van der Waals surface area (Å²) in [6.07, 6.45) is 1.20. The van der Waals surface area contributed by atoms with E-state index in [2.05, 4.69) is 10.4 Å². The fourth-order valence-electron chi connectivity index (χ4n) is 4.10. The van der Waals surface area contributed by atoms with E-state index < -0.39 is 9.84 Å². The van der Waals surface area contributed by atoms with Gasteiger partial charge in [0.25, 0.3) is 5.91 Å². The van der Waals surface area contributed by atoms with E-state index in [4.69, 9.17) is 9.72 Å². The maximum atomic E-state index is 13.1. The normalized spacial score (nSPS) is 17.7. The van der Waals surface area contributed by atoms with Gasteiger partial charge in [-0.2, -0.15) is 5.10 Å². The Balaban J connectivity index is 1.83. The third kappa shape index (κ3) is 4.54. The number of pyridine rings is 1. The number of hydrogen-bond donors (Lipinski definition) is 1. The van der Waals surface area contributed by atoms with E-state index in [0.717, 1.165) is 11.1 Å². The second kappa shape index (κ2) is 8.99. The predicted octanol–water partition coefficient (Wildman–Crippen LogP) is 2.84. The topological polar surface area (TPSA) is 103 Å². The van der Waals surface area contributed by atoms with Crippen molar-refractivity contribution in [2.24, 2.45) is 0 Å². The summed E-state index contributed by atoms with van der Waals surface area (Å²) in [6, 6.07) is 9.45. The third-order valence-electron chi connectivity index (χ3n) is 5.79. The summed E-state index contributed by atoms with van der Waals surface area (Å²) in [7, 11) is -1.47. The maximum absolute atomic E-state index is 13.1. The number of aromatic nitrogens is 3. The molecule has 1 fully saturated rings. The number of nitrogens with one attached hydrogen (secondary N) is 1. The van der Waals surface area contributed by atoms with Crippen LogP contribution in [0.3, 0.4) is 0 Å². The highest BCUT2D eigenvalue weighted by Gasteiger charge is 2.32. The van der Waals surface area contributed by atoms with Crippen molar-refractivity contribution < 1.29 is 17.9 Å². The van der Waals surface area contributed by atoms with Gasteiger partial charge in [0, 0.05) is 25.8 Å². The van der Waals surface area contributed by atoms with Crippen molar-refractivity contribution >= 4 is 26.8 Å². The first kappa shape index (κ1) is 22.4. The van der Waals surface area contributed by atoms with E-state index in [9.17, 15) is 13.2 Å². The number of ether oxygens (including phenoxy) is 1. The molecule has 0 spiro atoms. The Morgan fingerprint density at radius 2 is 2.00 bits per heavy atom. The van der Waals surface area contributed by atoms with Crippen LogP contribution in [0.2, 0.25) is 0 Å². The first-order valence-electron chi connectivity index (χ1n) is 10.7. The van der Waals surface area contributed by atoms with Crippen molar-refractivity contribution in [3.63, 3.8) is 0 Å². The second-order valence-corrected chi connectivity index (χ2v) is 10.5. The predicted molar refractivity (Wildman–Crippen MR) is 124 cm³/mol. The molecule has 1 saturated heterocycles. The summed E-state index contributed by atoms with van der Waals surface area (Å²) >= 11 is 0. The highest BCUT2D eigenvalue weighted by atomic mass is 32.2. The molecule has 1 amide bonds. The van der Waals surface area contributed by atoms with Crippen molar-refractivity contribution in [1.29, 1.82) is 0 Å². The fourth-order valence-corrected chi connectivity index (χ4v) is 5.79. The van der Waals surface area contributed by atoms with E-state index in [0.29, 0.717) is 54.0 Å². The Morgan fingerprint density at radius 3 is 2.66 bits per heavy atom. The van der Waals surface area contributed by atoms with Crippen molar-refractivity contribution in [2.75, 3.05) is 31.8 Å². The first-order chi connectivity index (χ1) is 15.3. The van der Waals surface area contributed by atoms with Crippen LogP contribution in [-0.4, -0.2) is 60.9 Å². The molecule has 8 nitrogen and oxygen atoms in total. The van der Waals surface area contributed by atoms with Gasteiger partial charge in [0.1, 0.15) is 0 Å². The highest BCUT2D eigenvalue weighted by molar-refractivity contribution is 7.91. The monoisotopic (exact) mass is 456 g/mol. The van der Waals surface area contributed by atoms with Crippen LogP contribution in [0.5, 0.6) is 0 Å². The molecule has 0 bridgehead atoms. The summed E-state index contributed by atoms with van der Waals surface area (Å²) in [6.45, 7) is 4.90. The molecule has 0 radical (unpaired) electrons. The first-order valence-corrected chi connectivity index (χ1v) is 12.6. The van der Waals surface area contributed by atoms with Crippen molar-refractivity contribution in [2.45, 2.75) is 32.7 Å². The van der Waals surface area contributed by atoms with Crippen LogP contribution < -0.4 is 5.32 Å². The number of sulfone groups is 1. The minimum Gasteiger partial charge on any atom is -0.385 e. The largest absolute Gasteiger partial charge is 0.385 e. The SMILES string of the molecule is COCCCNC(=O)c1cc(-c2ccc(C)cc2)nc2c1c(C)nn2[C@@H]1CCS(=O)(=O)C1. The number of benzene rings is 1. The molecule has 0 aliphatic carbocycles. The number of aryl methyl sites for hydroxylation is 2. The summed E-state index contributed by atoms with van der Waals surface area (Å²) in [5, 5.41) is 8.24. The summed E-state index contributed by atoms with van der Waals surface area (Å²) < 4.78 is 30.9. The van der Waals surface area contributed by atoms with Gasteiger partial charge in [0.2, 0.25) is 0 Å². The lowest BCUT2D eigenvalue weighted by molar-refractivity contribution is 0.0950. The van der Waals surface area contributed by atoms with E-state index >= 15 is 0 Å². The Bertz CT molecular complexity index is 1250. The molecule has 3 aromatic rings. The third-order valence-corrected chi connectivity index (χ3v) is 7.54. The quantitative estimate of drug-likeness (QED) is 0.549. The number of methoxy groups -OCH3 is 1. The molecular weight excluding hydrogens is 428 g/mol. The fraction of sp³-hybridized carbons (Fsp3) is 0.435. The minimum atomic E-state index is -3.09. The lowest BCUT2D eigenvalue weighted by atomic mass is 10.0. The summed E-state index contributed by atoms with van der Waals surface area (Å²) in [5.41, 5.74) is 4.37. The molecule has 2 aromatic heterocycles. The minimum absolute atomic E-state index is 0.0399. The van der Waals surface area contributed by atoms with Gasteiger partial charge in [-0.25, -0.2) is 18.1 Å². The molecule has 1 aliphatic heterocycles. The van der Waals surface area contributed by atoms with Crippen LogP contribution in [0.15, 0.2) is 30.3 Å². The number of fused-ring (bicyclic) bond motifs is 1. The van der Waals surface area contributed by atoms with Gasteiger partial charge in [0.05, 0.1) is 39.9 Å². The average molecular weight is 457 g/mol. The molecule has 0 saturated carbocycles. The molecule has 9 heteroatoms. The van der Waals surface area contributed by atoms with Crippen molar-refractivity contribution in [1.82, 2.24) is 20.1 Å². The highest BCUT2D eigenvalue weighted by Crippen LogP contribution is 2.32. The van der Waals surface area contributed by atoms with E-state index in [1.807, 2.05) is 38.1 Å². The van der Waals surface area contributed by atoms with Crippen LogP contribution in [0.4, 0.5) is 0 Å². The Morgan fingerprint density at radius 1 is 1.25 bits per heavy atom. The molecule has 4 rings (SSSR count). The number of rotatable bonds is 7. The second-order valence-electron chi connectivity index (χ2n) is 8.31. The summed E-state index contributed by atoms with van der Waals surface area (Å²) in [4.78, 5) is 18.0. The number of nitrogens with zero attached hydrogens (tertiary/aromatic N) is 3. The van der Waals surface area contributed by atoms with Gasteiger partial charge in [-0.1, -0.05) is 29.8 Å². The zero-order chi connectivity index (χ0) is 22.9. The van der Waals surface area contributed by atoms with E-state index in [-0.39, 0.29) is 23.5 Å². The molecule has 1 aromatic carbocycles. The molecule has 1 atom stereocenters.